The van der Waals surface area contributed by atoms with Crippen molar-refractivity contribution in [1.29, 1.82) is 0 Å². The molecule has 0 aliphatic heterocycles. The van der Waals surface area contributed by atoms with Gasteiger partial charge in [0.05, 0.1) is 18.0 Å². The van der Waals surface area contributed by atoms with Crippen molar-refractivity contribution < 1.29 is 14.6 Å². The minimum atomic E-state index is -1.22. The van der Waals surface area contributed by atoms with E-state index in [4.69, 9.17) is 10.5 Å². The molecule has 138 valence electrons. The normalized spacial score (nSPS) is 13.7. The summed E-state index contributed by atoms with van der Waals surface area (Å²) in [6.45, 7) is 1.87. The number of aromatic nitrogens is 2. The zero-order valence-electron chi connectivity index (χ0n) is 15.0. The van der Waals surface area contributed by atoms with Gasteiger partial charge >= 0.3 is 5.97 Å². The largest absolute Gasteiger partial charge is 0.494 e. The molecule has 1 saturated carbocycles. The van der Waals surface area contributed by atoms with Crippen LogP contribution in [0.15, 0.2) is 35.4 Å². The predicted octanol–water partition coefficient (Wildman–Crippen LogP) is 3.00. The molecular formula is C20H19N3O4. The lowest BCUT2D eigenvalue weighted by molar-refractivity contribution is 0.0695. The lowest BCUT2D eigenvalue weighted by atomic mass is 10.0. The average molecular weight is 365 g/mol. The first-order valence-corrected chi connectivity index (χ1v) is 8.64. The summed E-state index contributed by atoms with van der Waals surface area (Å²) in [5, 5.41) is 9.74. The van der Waals surface area contributed by atoms with Crippen LogP contribution in [0.5, 0.6) is 5.75 Å². The first kappa shape index (κ1) is 17.1. The van der Waals surface area contributed by atoms with E-state index in [-0.39, 0.29) is 11.6 Å². The number of rotatable bonds is 4. The number of nitrogen functional groups attached to an aromatic ring is 1. The van der Waals surface area contributed by atoms with Crippen molar-refractivity contribution >= 4 is 22.7 Å². The number of aryl methyl sites for hydroxylation is 1. The van der Waals surface area contributed by atoms with Crippen molar-refractivity contribution in [2.45, 2.75) is 25.8 Å². The third-order valence-electron chi connectivity index (χ3n) is 4.95. The number of nitrogens with two attached hydrogens (primary N) is 1. The van der Waals surface area contributed by atoms with E-state index in [0.29, 0.717) is 22.5 Å². The maximum Gasteiger partial charge on any atom is 0.341 e. The molecule has 4 rings (SSSR count). The molecule has 0 unspecified atom stereocenters. The summed E-state index contributed by atoms with van der Waals surface area (Å²) in [7, 11) is 1.54. The second-order valence-electron chi connectivity index (χ2n) is 6.78. The molecule has 7 nitrogen and oxygen atoms in total. The van der Waals surface area contributed by atoms with Gasteiger partial charge in [0.25, 0.3) is 0 Å². The number of fused-ring (bicyclic) bond motifs is 1. The lowest BCUT2D eigenvalue weighted by Crippen LogP contribution is -2.19. The summed E-state index contributed by atoms with van der Waals surface area (Å²) in [5.74, 6) is -0.239. The van der Waals surface area contributed by atoms with Crippen LogP contribution >= 0.6 is 0 Å². The van der Waals surface area contributed by atoms with E-state index in [1.807, 2.05) is 17.6 Å². The number of anilines is 1. The van der Waals surface area contributed by atoms with Crippen molar-refractivity contribution in [3.8, 4) is 16.9 Å². The van der Waals surface area contributed by atoms with Crippen LogP contribution in [0, 0.1) is 6.92 Å². The van der Waals surface area contributed by atoms with Gasteiger partial charge in [-0.2, -0.15) is 0 Å². The maximum atomic E-state index is 12.7. The monoisotopic (exact) mass is 365 g/mol. The predicted molar refractivity (Wildman–Crippen MR) is 102 cm³/mol. The van der Waals surface area contributed by atoms with Gasteiger partial charge in [-0.1, -0.05) is 0 Å². The second kappa shape index (κ2) is 6.12. The summed E-state index contributed by atoms with van der Waals surface area (Å²) in [4.78, 5) is 28.4. The zero-order valence-corrected chi connectivity index (χ0v) is 15.0. The molecule has 3 N–H and O–H groups in total. The van der Waals surface area contributed by atoms with E-state index in [1.165, 1.54) is 6.20 Å². The van der Waals surface area contributed by atoms with E-state index in [2.05, 4.69) is 4.98 Å². The molecule has 2 aromatic heterocycles. The fourth-order valence-corrected chi connectivity index (χ4v) is 3.38. The fraction of sp³-hybridized carbons (Fsp3) is 0.250. The summed E-state index contributed by atoms with van der Waals surface area (Å²) in [5.41, 5.74) is 8.13. The highest BCUT2D eigenvalue weighted by Crippen LogP contribution is 2.42. The second-order valence-corrected chi connectivity index (χ2v) is 6.78. The molecule has 7 heteroatoms. The maximum absolute atomic E-state index is 12.7. The zero-order chi connectivity index (χ0) is 19.3. The summed E-state index contributed by atoms with van der Waals surface area (Å²) >= 11 is 0. The van der Waals surface area contributed by atoms with Crippen LogP contribution in [0.2, 0.25) is 0 Å². The van der Waals surface area contributed by atoms with Gasteiger partial charge in [0, 0.05) is 29.6 Å². The Morgan fingerprint density at radius 1 is 1.37 bits per heavy atom. The van der Waals surface area contributed by atoms with Crippen molar-refractivity contribution in [3.05, 3.63) is 51.9 Å². The molecule has 1 fully saturated rings. The molecule has 1 aromatic carbocycles. The number of pyridine rings is 2. The number of methoxy groups -OCH3 is 1. The standard InChI is InChI=1S/C20H19N3O4/c1-10-7-11(8-22-19(10)21)13-5-6-14-16(18(13)27-2)23(12-3-4-12)9-15(17(14)24)20(25)26/h5-9,12H,3-4H2,1-2H3,(H2,21,22)(H,25,26). The van der Waals surface area contributed by atoms with Crippen LogP contribution < -0.4 is 15.9 Å². The molecule has 0 radical (unpaired) electrons. The van der Waals surface area contributed by atoms with Crippen molar-refractivity contribution in [2.75, 3.05) is 12.8 Å². The smallest absolute Gasteiger partial charge is 0.341 e. The lowest BCUT2D eigenvalue weighted by Gasteiger charge is -2.18. The number of carbonyl (C=O) groups is 1. The molecule has 2 heterocycles. The molecule has 0 saturated heterocycles. The highest BCUT2D eigenvalue weighted by Gasteiger charge is 2.29. The Morgan fingerprint density at radius 2 is 2.11 bits per heavy atom. The molecule has 0 bridgehead atoms. The Balaban J connectivity index is 2.08. The Bertz CT molecular complexity index is 1150. The van der Waals surface area contributed by atoms with E-state index in [0.717, 1.165) is 29.5 Å². The van der Waals surface area contributed by atoms with Crippen molar-refractivity contribution in [3.63, 3.8) is 0 Å². The minimum Gasteiger partial charge on any atom is -0.494 e. The number of nitrogens with zero attached hydrogens (tertiary/aromatic N) is 2. The van der Waals surface area contributed by atoms with Crippen LogP contribution in [-0.2, 0) is 0 Å². The van der Waals surface area contributed by atoms with Crippen LogP contribution in [0.1, 0.15) is 34.8 Å². The van der Waals surface area contributed by atoms with Gasteiger partial charge in [-0.05, 0) is 43.5 Å². The first-order chi connectivity index (χ1) is 12.9. The number of carboxylic acids is 1. The quantitative estimate of drug-likeness (QED) is 0.736. The van der Waals surface area contributed by atoms with E-state index >= 15 is 0 Å². The summed E-state index contributed by atoms with van der Waals surface area (Å²) in [6.07, 6.45) is 4.97. The highest BCUT2D eigenvalue weighted by atomic mass is 16.5. The molecule has 3 aromatic rings. The Kier molecular flexibility index (Phi) is 3.87. The molecule has 1 aliphatic carbocycles. The number of carboxylic acid groups (broad SMARTS) is 1. The average Bonchev–Trinajstić information content (AvgIpc) is 3.48. The number of hydrogen-bond acceptors (Lipinski definition) is 5. The Hall–Kier alpha value is -3.35. The molecule has 0 spiro atoms. The third-order valence-corrected chi connectivity index (χ3v) is 4.95. The van der Waals surface area contributed by atoms with Gasteiger partial charge in [0.2, 0.25) is 5.43 Å². The van der Waals surface area contributed by atoms with E-state index in [9.17, 15) is 14.7 Å². The molecule has 0 atom stereocenters. The van der Waals surface area contributed by atoms with Crippen LogP contribution in [0.4, 0.5) is 5.82 Å². The Morgan fingerprint density at radius 3 is 2.70 bits per heavy atom. The number of ether oxygens (including phenoxy) is 1. The van der Waals surface area contributed by atoms with Crippen molar-refractivity contribution in [1.82, 2.24) is 9.55 Å². The third kappa shape index (κ3) is 2.71. The van der Waals surface area contributed by atoms with Gasteiger partial charge in [-0.25, -0.2) is 9.78 Å². The van der Waals surface area contributed by atoms with Gasteiger partial charge in [0.1, 0.15) is 11.4 Å². The van der Waals surface area contributed by atoms with Gasteiger partial charge < -0.3 is 20.1 Å². The van der Waals surface area contributed by atoms with Gasteiger partial charge in [0.15, 0.2) is 5.75 Å². The SMILES string of the molecule is COc1c(-c2cnc(N)c(C)c2)ccc2c(=O)c(C(=O)O)cn(C3CC3)c12. The Labute approximate surface area is 155 Å². The number of hydrogen-bond donors (Lipinski definition) is 2. The van der Waals surface area contributed by atoms with Crippen molar-refractivity contribution in [2.24, 2.45) is 0 Å². The first-order valence-electron chi connectivity index (χ1n) is 8.64. The van der Waals surface area contributed by atoms with Crippen LogP contribution in [-0.4, -0.2) is 27.7 Å². The highest BCUT2D eigenvalue weighted by molar-refractivity contribution is 5.97. The van der Waals surface area contributed by atoms with Crippen LogP contribution in [0.25, 0.3) is 22.0 Å². The molecule has 27 heavy (non-hydrogen) atoms. The molecular weight excluding hydrogens is 346 g/mol. The summed E-state index contributed by atoms with van der Waals surface area (Å²) < 4.78 is 7.55. The van der Waals surface area contributed by atoms with E-state index in [1.54, 1.807) is 25.4 Å². The number of benzene rings is 1. The topological polar surface area (TPSA) is 107 Å². The van der Waals surface area contributed by atoms with Gasteiger partial charge in [-0.3, -0.25) is 4.79 Å². The minimum absolute atomic E-state index is 0.168. The van der Waals surface area contributed by atoms with Gasteiger partial charge in [-0.15, -0.1) is 0 Å². The van der Waals surface area contributed by atoms with E-state index < -0.39 is 11.4 Å². The molecule has 0 amide bonds. The fourth-order valence-electron chi connectivity index (χ4n) is 3.38. The van der Waals surface area contributed by atoms with Crippen LogP contribution in [0.3, 0.4) is 0 Å². The number of aromatic carboxylic acids is 1. The molecule has 1 aliphatic rings. The summed E-state index contributed by atoms with van der Waals surface area (Å²) in [6, 6.07) is 5.50.